The van der Waals surface area contributed by atoms with Gasteiger partial charge in [0, 0.05) is 23.3 Å². The highest BCUT2D eigenvalue weighted by Gasteiger charge is 2.07. The van der Waals surface area contributed by atoms with Crippen LogP contribution in [0.4, 0.5) is 11.4 Å². The molecule has 3 N–H and O–H groups in total. The minimum atomic E-state index is 0.412. The van der Waals surface area contributed by atoms with Crippen molar-refractivity contribution in [2.24, 2.45) is 0 Å². The van der Waals surface area contributed by atoms with Gasteiger partial charge in [0.25, 0.3) is 0 Å². The van der Waals surface area contributed by atoms with Crippen molar-refractivity contribution in [1.29, 1.82) is 0 Å². The standard InChI is InChI=1S/C15H22N4/c1-11(8-10-19(2)3)18-14-7-9-17-15-12(14)5-4-6-13(15)16/h4-7,9,11H,8,10,16H2,1-3H3,(H,17,18). The molecule has 4 heteroatoms. The summed E-state index contributed by atoms with van der Waals surface area (Å²) in [5.41, 5.74) is 8.65. The molecule has 2 rings (SSSR count). The third kappa shape index (κ3) is 3.35. The van der Waals surface area contributed by atoms with Crippen LogP contribution in [0.5, 0.6) is 0 Å². The predicted octanol–water partition coefficient (Wildman–Crippen LogP) is 2.57. The van der Waals surface area contributed by atoms with Gasteiger partial charge in [-0.15, -0.1) is 0 Å². The Labute approximate surface area is 114 Å². The van der Waals surface area contributed by atoms with Gasteiger partial charge < -0.3 is 16.0 Å². The van der Waals surface area contributed by atoms with E-state index in [2.05, 4.69) is 42.3 Å². The smallest absolute Gasteiger partial charge is 0.0951 e. The monoisotopic (exact) mass is 258 g/mol. The second-order valence-electron chi connectivity index (χ2n) is 5.24. The number of nitrogens with zero attached hydrogens (tertiary/aromatic N) is 2. The summed E-state index contributed by atoms with van der Waals surface area (Å²) in [6.45, 7) is 3.27. The zero-order valence-electron chi connectivity index (χ0n) is 11.9. The van der Waals surface area contributed by atoms with Crippen LogP contribution in [0.3, 0.4) is 0 Å². The van der Waals surface area contributed by atoms with Gasteiger partial charge in [-0.05, 0) is 46.1 Å². The maximum atomic E-state index is 5.96. The number of hydrogen-bond acceptors (Lipinski definition) is 4. The van der Waals surface area contributed by atoms with E-state index >= 15 is 0 Å². The van der Waals surface area contributed by atoms with Gasteiger partial charge >= 0.3 is 0 Å². The molecule has 1 unspecified atom stereocenters. The molecule has 0 aliphatic rings. The molecule has 0 aliphatic heterocycles. The van der Waals surface area contributed by atoms with Gasteiger partial charge in [0.2, 0.25) is 0 Å². The number of pyridine rings is 1. The van der Waals surface area contributed by atoms with Gasteiger partial charge in [-0.2, -0.15) is 0 Å². The zero-order chi connectivity index (χ0) is 13.8. The third-order valence-corrected chi connectivity index (χ3v) is 3.21. The number of nitrogens with two attached hydrogens (primary N) is 1. The van der Waals surface area contributed by atoms with Crippen LogP contribution in [0.1, 0.15) is 13.3 Å². The lowest BCUT2D eigenvalue weighted by Crippen LogP contribution is -2.23. The van der Waals surface area contributed by atoms with Crippen molar-refractivity contribution in [2.75, 3.05) is 31.7 Å². The van der Waals surface area contributed by atoms with E-state index in [-0.39, 0.29) is 0 Å². The Morgan fingerprint density at radius 3 is 2.84 bits per heavy atom. The molecule has 0 saturated heterocycles. The van der Waals surface area contributed by atoms with Gasteiger partial charge in [-0.25, -0.2) is 0 Å². The maximum Gasteiger partial charge on any atom is 0.0951 e. The number of fused-ring (bicyclic) bond motifs is 1. The van der Waals surface area contributed by atoms with Crippen molar-refractivity contribution in [2.45, 2.75) is 19.4 Å². The van der Waals surface area contributed by atoms with Crippen LogP contribution in [0.25, 0.3) is 10.9 Å². The molecule has 2 aromatic rings. The van der Waals surface area contributed by atoms with Crippen LogP contribution in [0.15, 0.2) is 30.5 Å². The molecule has 0 aliphatic carbocycles. The van der Waals surface area contributed by atoms with E-state index in [9.17, 15) is 0 Å². The van der Waals surface area contributed by atoms with Crippen LogP contribution in [-0.4, -0.2) is 36.6 Å². The van der Waals surface area contributed by atoms with Gasteiger partial charge in [0.05, 0.1) is 11.2 Å². The number of nitrogen functional groups attached to an aromatic ring is 1. The summed E-state index contributed by atoms with van der Waals surface area (Å²) in [6, 6.07) is 8.33. The highest BCUT2D eigenvalue weighted by atomic mass is 15.1. The van der Waals surface area contributed by atoms with E-state index in [0.717, 1.165) is 35.2 Å². The SMILES string of the molecule is CC(CCN(C)C)Nc1ccnc2c(N)cccc12. The fraction of sp³-hybridized carbons (Fsp3) is 0.400. The molecule has 0 amide bonds. The number of para-hydroxylation sites is 1. The molecule has 0 spiro atoms. The minimum Gasteiger partial charge on any atom is -0.397 e. The lowest BCUT2D eigenvalue weighted by atomic mass is 10.1. The molecule has 0 bridgehead atoms. The first-order chi connectivity index (χ1) is 9.08. The fourth-order valence-corrected chi connectivity index (χ4v) is 2.11. The first-order valence-corrected chi connectivity index (χ1v) is 6.62. The first-order valence-electron chi connectivity index (χ1n) is 6.62. The van der Waals surface area contributed by atoms with Gasteiger partial charge in [-0.3, -0.25) is 4.98 Å². The van der Waals surface area contributed by atoms with E-state index in [1.54, 1.807) is 6.20 Å². The molecule has 1 atom stereocenters. The summed E-state index contributed by atoms with van der Waals surface area (Å²) in [4.78, 5) is 6.54. The first kappa shape index (κ1) is 13.6. The van der Waals surface area contributed by atoms with Crippen molar-refractivity contribution in [3.63, 3.8) is 0 Å². The second-order valence-corrected chi connectivity index (χ2v) is 5.24. The van der Waals surface area contributed by atoms with Gasteiger partial charge in [-0.1, -0.05) is 12.1 Å². The molecule has 0 saturated carbocycles. The van der Waals surface area contributed by atoms with Crippen molar-refractivity contribution in [1.82, 2.24) is 9.88 Å². The number of aromatic nitrogens is 1. The topological polar surface area (TPSA) is 54.2 Å². The summed E-state index contributed by atoms with van der Waals surface area (Å²) in [7, 11) is 4.19. The molecule has 0 radical (unpaired) electrons. The summed E-state index contributed by atoms with van der Waals surface area (Å²) >= 11 is 0. The summed E-state index contributed by atoms with van der Waals surface area (Å²) in [6.07, 6.45) is 2.90. The Morgan fingerprint density at radius 1 is 1.32 bits per heavy atom. The van der Waals surface area contributed by atoms with Crippen molar-refractivity contribution < 1.29 is 0 Å². The summed E-state index contributed by atoms with van der Waals surface area (Å²) in [5.74, 6) is 0. The molecule has 102 valence electrons. The average molecular weight is 258 g/mol. The van der Waals surface area contributed by atoms with Crippen LogP contribution in [-0.2, 0) is 0 Å². The number of rotatable bonds is 5. The molecule has 1 heterocycles. The van der Waals surface area contributed by atoms with Crippen LogP contribution >= 0.6 is 0 Å². The van der Waals surface area contributed by atoms with Crippen molar-refractivity contribution >= 4 is 22.3 Å². The highest BCUT2D eigenvalue weighted by molar-refractivity contribution is 5.97. The Bertz CT molecular complexity index is 551. The quantitative estimate of drug-likeness (QED) is 0.809. The van der Waals surface area contributed by atoms with E-state index < -0.39 is 0 Å². The molecule has 4 nitrogen and oxygen atoms in total. The third-order valence-electron chi connectivity index (χ3n) is 3.21. The Balaban J connectivity index is 2.19. The lowest BCUT2D eigenvalue weighted by molar-refractivity contribution is 0.390. The van der Waals surface area contributed by atoms with Gasteiger partial charge in [0.15, 0.2) is 0 Å². The molecule has 0 fully saturated rings. The molecule has 19 heavy (non-hydrogen) atoms. The van der Waals surface area contributed by atoms with Crippen LogP contribution in [0, 0.1) is 0 Å². The number of hydrogen-bond donors (Lipinski definition) is 2. The van der Waals surface area contributed by atoms with E-state index in [4.69, 9.17) is 5.73 Å². The molecule has 1 aromatic heterocycles. The Hall–Kier alpha value is -1.81. The van der Waals surface area contributed by atoms with Crippen molar-refractivity contribution in [3.8, 4) is 0 Å². The zero-order valence-corrected chi connectivity index (χ0v) is 11.9. The number of benzene rings is 1. The lowest BCUT2D eigenvalue weighted by Gasteiger charge is -2.19. The summed E-state index contributed by atoms with van der Waals surface area (Å²) < 4.78 is 0. The van der Waals surface area contributed by atoms with Crippen LogP contribution in [0.2, 0.25) is 0 Å². The fourth-order valence-electron chi connectivity index (χ4n) is 2.11. The maximum absolute atomic E-state index is 5.96. The number of nitrogens with one attached hydrogen (secondary N) is 1. The largest absolute Gasteiger partial charge is 0.397 e. The Morgan fingerprint density at radius 2 is 2.11 bits per heavy atom. The van der Waals surface area contributed by atoms with E-state index in [1.807, 2.05) is 18.2 Å². The Kier molecular flexibility index (Phi) is 4.22. The van der Waals surface area contributed by atoms with E-state index in [0.29, 0.717) is 6.04 Å². The summed E-state index contributed by atoms with van der Waals surface area (Å²) in [5, 5.41) is 4.63. The number of anilines is 2. The minimum absolute atomic E-state index is 0.412. The van der Waals surface area contributed by atoms with Crippen molar-refractivity contribution in [3.05, 3.63) is 30.5 Å². The van der Waals surface area contributed by atoms with Gasteiger partial charge in [0.1, 0.15) is 0 Å². The van der Waals surface area contributed by atoms with E-state index in [1.165, 1.54) is 0 Å². The second kappa shape index (κ2) is 5.89. The predicted molar refractivity (Wildman–Crippen MR) is 82.4 cm³/mol. The molecule has 1 aromatic carbocycles. The van der Waals surface area contributed by atoms with Crippen LogP contribution < -0.4 is 11.1 Å². The molecular formula is C15H22N4. The normalized spacial score (nSPS) is 12.8. The highest BCUT2D eigenvalue weighted by Crippen LogP contribution is 2.26. The molecular weight excluding hydrogens is 236 g/mol. The average Bonchev–Trinajstić information content (AvgIpc) is 2.38.